The molecule has 2 rings (SSSR count). The van der Waals surface area contributed by atoms with Crippen LogP contribution >= 0.6 is 11.3 Å². The third kappa shape index (κ3) is 3.63. The van der Waals surface area contributed by atoms with Gasteiger partial charge in [0.1, 0.15) is 5.01 Å². The molecule has 5 nitrogen and oxygen atoms in total. The fourth-order valence-corrected chi connectivity index (χ4v) is 2.78. The van der Waals surface area contributed by atoms with Crippen molar-refractivity contribution in [2.45, 2.75) is 45.9 Å². The van der Waals surface area contributed by atoms with E-state index in [1.54, 1.807) is 11.3 Å². The van der Waals surface area contributed by atoms with E-state index in [4.69, 9.17) is 4.74 Å². The van der Waals surface area contributed by atoms with Gasteiger partial charge in [-0.05, 0) is 20.3 Å². The van der Waals surface area contributed by atoms with Gasteiger partial charge < -0.3 is 10.1 Å². The van der Waals surface area contributed by atoms with Crippen molar-refractivity contribution >= 4 is 16.5 Å². The lowest BCUT2D eigenvalue weighted by molar-refractivity contribution is -0.0527. The molecule has 2 unspecified atom stereocenters. The van der Waals surface area contributed by atoms with E-state index in [1.165, 1.54) is 0 Å². The second-order valence-corrected chi connectivity index (χ2v) is 5.91. The molecular weight excluding hydrogens is 248 g/mol. The maximum absolute atomic E-state index is 5.63. The molecule has 18 heavy (non-hydrogen) atoms. The molecule has 2 atom stereocenters. The highest BCUT2D eigenvalue weighted by Gasteiger charge is 2.24. The van der Waals surface area contributed by atoms with Crippen LogP contribution in [0.15, 0.2) is 0 Å². The Morgan fingerprint density at radius 1 is 1.44 bits per heavy atom. The number of rotatable bonds is 5. The van der Waals surface area contributed by atoms with Crippen molar-refractivity contribution in [3.05, 3.63) is 5.01 Å². The Morgan fingerprint density at radius 2 is 2.28 bits per heavy atom. The van der Waals surface area contributed by atoms with Gasteiger partial charge in [-0.2, -0.15) is 0 Å². The van der Waals surface area contributed by atoms with E-state index in [1.807, 2.05) is 0 Å². The molecule has 0 spiro atoms. The third-order valence-corrected chi connectivity index (χ3v) is 3.93. The highest BCUT2D eigenvalue weighted by molar-refractivity contribution is 7.15. The summed E-state index contributed by atoms with van der Waals surface area (Å²) in [5, 5.41) is 13.7. The van der Waals surface area contributed by atoms with E-state index >= 15 is 0 Å². The molecule has 1 fully saturated rings. The van der Waals surface area contributed by atoms with E-state index < -0.39 is 0 Å². The van der Waals surface area contributed by atoms with Gasteiger partial charge in [0.25, 0.3) is 0 Å². The van der Waals surface area contributed by atoms with Gasteiger partial charge in [0.05, 0.1) is 19.3 Å². The number of hydrogen-bond donors (Lipinski definition) is 1. The first kappa shape index (κ1) is 13.7. The van der Waals surface area contributed by atoms with Gasteiger partial charge in [0.15, 0.2) is 0 Å². The summed E-state index contributed by atoms with van der Waals surface area (Å²) in [6, 6.07) is 0.456. The Morgan fingerprint density at radius 3 is 3.06 bits per heavy atom. The Balaban J connectivity index is 1.89. The summed E-state index contributed by atoms with van der Waals surface area (Å²) in [7, 11) is 0. The summed E-state index contributed by atoms with van der Waals surface area (Å²) in [4.78, 5) is 2.41. The number of nitrogens with one attached hydrogen (secondary N) is 1. The predicted octanol–water partition coefficient (Wildman–Crippen LogP) is 1.97. The zero-order valence-electron chi connectivity index (χ0n) is 11.3. The molecular formula is C12H22N4OS. The van der Waals surface area contributed by atoms with Crippen LogP contribution in [0.1, 0.15) is 32.2 Å². The standard InChI is InChI=1S/C12H22N4OS/c1-4-5-13-12-15-14-11(18-12)7-16-6-10(3)17-8-9(16)2/h9-10H,4-8H2,1-3H3,(H,13,15). The first-order valence-corrected chi connectivity index (χ1v) is 7.42. The lowest BCUT2D eigenvalue weighted by Gasteiger charge is -2.36. The van der Waals surface area contributed by atoms with Crippen LogP contribution in [0.5, 0.6) is 0 Å². The Kier molecular flexibility index (Phi) is 4.91. The topological polar surface area (TPSA) is 50.3 Å². The molecule has 6 heteroatoms. The summed E-state index contributed by atoms with van der Waals surface area (Å²) >= 11 is 1.65. The van der Waals surface area contributed by atoms with Crippen LogP contribution in [0.25, 0.3) is 0 Å². The van der Waals surface area contributed by atoms with Crippen LogP contribution < -0.4 is 5.32 Å². The Bertz CT molecular complexity index is 371. The lowest BCUT2D eigenvalue weighted by atomic mass is 10.2. The minimum atomic E-state index is 0.312. The van der Waals surface area contributed by atoms with Crippen molar-refractivity contribution in [3.8, 4) is 0 Å². The zero-order valence-corrected chi connectivity index (χ0v) is 12.2. The smallest absolute Gasteiger partial charge is 0.205 e. The second kappa shape index (κ2) is 6.45. The van der Waals surface area contributed by atoms with Crippen molar-refractivity contribution in [2.75, 3.05) is 25.0 Å². The molecule has 1 saturated heterocycles. The van der Waals surface area contributed by atoms with Gasteiger partial charge in [0.2, 0.25) is 5.13 Å². The van der Waals surface area contributed by atoms with Gasteiger partial charge in [-0.3, -0.25) is 4.90 Å². The van der Waals surface area contributed by atoms with E-state index in [-0.39, 0.29) is 0 Å². The molecule has 0 saturated carbocycles. The SMILES string of the molecule is CCCNc1nnc(CN2CC(C)OCC2C)s1. The predicted molar refractivity (Wildman–Crippen MR) is 74.0 cm³/mol. The fourth-order valence-electron chi connectivity index (χ4n) is 1.99. The molecule has 1 aliphatic rings. The molecule has 2 heterocycles. The molecule has 102 valence electrons. The van der Waals surface area contributed by atoms with Gasteiger partial charge >= 0.3 is 0 Å². The average Bonchev–Trinajstić information content (AvgIpc) is 2.79. The quantitative estimate of drug-likeness (QED) is 0.886. The second-order valence-electron chi connectivity index (χ2n) is 4.85. The third-order valence-electron chi connectivity index (χ3n) is 3.07. The fraction of sp³-hybridized carbons (Fsp3) is 0.833. The number of hydrogen-bond acceptors (Lipinski definition) is 6. The maximum Gasteiger partial charge on any atom is 0.205 e. The van der Waals surface area contributed by atoms with Crippen LogP contribution in [0.2, 0.25) is 0 Å². The van der Waals surface area contributed by atoms with Gasteiger partial charge in [-0.25, -0.2) is 0 Å². The van der Waals surface area contributed by atoms with Crippen molar-refractivity contribution in [2.24, 2.45) is 0 Å². The van der Waals surface area contributed by atoms with Crippen LogP contribution in [0.4, 0.5) is 5.13 Å². The molecule has 0 radical (unpaired) electrons. The van der Waals surface area contributed by atoms with Crippen LogP contribution in [-0.4, -0.2) is 46.9 Å². The van der Waals surface area contributed by atoms with E-state index in [0.717, 1.165) is 42.8 Å². The maximum atomic E-state index is 5.63. The van der Waals surface area contributed by atoms with Gasteiger partial charge in [-0.15, -0.1) is 10.2 Å². The van der Waals surface area contributed by atoms with Crippen molar-refractivity contribution in [1.29, 1.82) is 0 Å². The van der Waals surface area contributed by atoms with Crippen LogP contribution in [0, 0.1) is 0 Å². The number of morpholine rings is 1. The summed E-state index contributed by atoms with van der Waals surface area (Å²) < 4.78 is 5.63. The molecule has 0 aliphatic carbocycles. The van der Waals surface area contributed by atoms with Crippen LogP contribution in [-0.2, 0) is 11.3 Å². The number of ether oxygens (including phenoxy) is 1. The summed E-state index contributed by atoms with van der Waals surface area (Å²) in [5.41, 5.74) is 0. The van der Waals surface area contributed by atoms with Gasteiger partial charge in [-0.1, -0.05) is 18.3 Å². The van der Waals surface area contributed by atoms with E-state index in [0.29, 0.717) is 12.1 Å². The number of nitrogens with zero attached hydrogens (tertiary/aromatic N) is 3. The molecule has 0 bridgehead atoms. The van der Waals surface area contributed by atoms with Crippen molar-refractivity contribution in [3.63, 3.8) is 0 Å². The van der Waals surface area contributed by atoms with E-state index in [9.17, 15) is 0 Å². The monoisotopic (exact) mass is 270 g/mol. The first-order chi connectivity index (χ1) is 8.69. The molecule has 0 aromatic carbocycles. The molecule has 1 aromatic rings. The molecule has 1 aliphatic heterocycles. The highest BCUT2D eigenvalue weighted by Crippen LogP contribution is 2.20. The molecule has 1 N–H and O–H groups in total. The molecule has 0 amide bonds. The first-order valence-electron chi connectivity index (χ1n) is 6.61. The zero-order chi connectivity index (χ0) is 13.0. The Labute approximate surface area is 113 Å². The highest BCUT2D eigenvalue weighted by atomic mass is 32.1. The normalized spacial score (nSPS) is 25.3. The Hall–Kier alpha value is -0.720. The van der Waals surface area contributed by atoms with Crippen molar-refractivity contribution < 1.29 is 4.74 Å². The van der Waals surface area contributed by atoms with Crippen molar-refractivity contribution in [1.82, 2.24) is 15.1 Å². The molecule has 1 aromatic heterocycles. The minimum Gasteiger partial charge on any atom is -0.376 e. The largest absolute Gasteiger partial charge is 0.376 e. The summed E-state index contributed by atoms with van der Waals surface area (Å²) in [6.45, 7) is 10.1. The lowest BCUT2D eigenvalue weighted by Crippen LogP contribution is -2.46. The number of anilines is 1. The number of aromatic nitrogens is 2. The van der Waals surface area contributed by atoms with Gasteiger partial charge in [0, 0.05) is 19.1 Å². The summed E-state index contributed by atoms with van der Waals surface area (Å²) in [5.74, 6) is 0. The van der Waals surface area contributed by atoms with Crippen LogP contribution in [0.3, 0.4) is 0 Å². The average molecular weight is 270 g/mol. The minimum absolute atomic E-state index is 0.312. The van der Waals surface area contributed by atoms with E-state index in [2.05, 4.69) is 41.2 Å². The summed E-state index contributed by atoms with van der Waals surface area (Å²) in [6.07, 6.45) is 1.42.